The van der Waals surface area contributed by atoms with E-state index in [0.717, 1.165) is 50.8 Å². The molecule has 0 aliphatic carbocycles. The highest BCUT2D eigenvalue weighted by Gasteiger charge is 2.31. The van der Waals surface area contributed by atoms with Crippen LogP contribution < -0.4 is 0 Å². The van der Waals surface area contributed by atoms with Gasteiger partial charge in [-0.3, -0.25) is 14.5 Å². The molecule has 1 aromatic carbocycles. The number of carbonyl (C=O) groups excluding carboxylic acids is 3. The van der Waals surface area contributed by atoms with Crippen molar-refractivity contribution in [3.63, 3.8) is 0 Å². The summed E-state index contributed by atoms with van der Waals surface area (Å²) in [5, 5.41) is 0. The Morgan fingerprint density at radius 3 is 2.41 bits per heavy atom. The fourth-order valence-electron chi connectivity index (χ4n) is 3.88. The zero-order chi connectivity index (χ0) is 22.9. The van der Waals surface area contributed by atoms with Gasteiger partial charge < -0.3 is 9.64 Å². The molecule has 3 rings (SSSR count). The summed E-state index contributed by atoms with van der Waals surface area (Å²) in [6.45, 7) is 2.36. The van der Waals surface area contributed by atoms with Crippen molar-refractivity contribution >= 4 is 52.2 Å². The molecule has 0 aromatic heterocycles. The Hall–Kier alpha value is -2.19. The van der Waals surface area contributed by atoms with Crippen LogP contribution in [0.1, 0.15) is 67.3 Å². The Kier molecular flexibility index (Phi) is 9.29. The van der Waals surface area contributed by atoms with Crippen LogP contribution in [-0.2, 0) is 14.3 Å². The van der Waals surface area contributed by atoms with E-state index in [4.69, 9.17) is 17.0 Å². The van der Waals surface area contributed by atoms with Gasteiger partial charge >= 0.3 is 5.97 Å². The number of ether oxygens (including phenoxy) is 1. The number of carbonyl (C=O) groups is 3. The first-order valence-corrected chi connectivity index (χ1v) is 12.4. The van der Waals surface area contributed by atoms with E-state index in [9.17, 15) is 14.4 Å². The molecule has 2 saturated heterocycles. The van der Waals surface area contributed by atoms with E-state index < -0.39 is 5.97 Å². The standard InChI is InChI=1S/C24H30N2O4S2/c1-30-23(29)19-12-10-18(11-13-19)17-20-22(28)26(24(31)32-20)16-8-4-5-9-21(27)25-14-6-2-3-7-15-25/h10-13,17H,2-9,14-16H2,1H3/b20-17-. The maximum Gasteiger partial charge on any atom is 0.337 e. The number of amides is 2. The summed E-state index contributed by atoms with van der Waals surface area (Å²) in [5.41, 5.74) is 1.29. The van der Waals surface area contributed by atoms with E-state index in [0.29, 0.717) is 27.8 Å². The lowest BCUT2D eigenvalue weighted by molar-refractivity contribution is -0.131. The molecular weight excluding hydrogens is 444 g/mol. The predicted octanol–water partition coefficient (Wildman–Crippen LogP) is 4.64. The molecule has 6 nitrogen and oxygen atoms in total. The summed E-state index contributed by atoms with van der Waals surface area (Å²) < 4.78 is 5.26. The van der Waals surface area contributed by atoms with Crippen molar-refractivity contribution in [2.75, 3.05) is 26.7 Å². The van der Waals surface area contributed by atoms with Gasteiger partial charge in [0, 0.05) is 26.1 Å². The highest BCUT2D eigenvalue weighted by molar-refractivity contribution is 8.26. The molecule has 2 aliphatic rings. The van der Waals surface area contributed by atoms with E-state index in [-0.39, 0.29) is 11.8 Å². The van der Waals surface area contributed by atoms with Crippen molar-refractivity contribution in [3.05, 3.63) is 40.3 Å². The summed E-state index contributed by atoms with van der Waals surface area (Å²) in [7, 11) is 1.34. The fourth-order valence-corrected chi connectivity index (χ4v) is 5.19. The van der Waals surface area contributed by atoms with Gasteiger partial charge in [0.25, 0.3) is 5.91 Å². The summed E-state index contributed by atoms with van der Waals surface area (Å²) in [5.74, 6) is -0.215. The molecule has 0 saturated carbocycles. The highest BCUT2D eigenvalue weighted by Crippen LogP contribution is 2.32. The third-order valence-electron chi connectivity index (χ3n) is 5.73. The van der Waals surface area contributed by atoms with E-state index in [2.05, 4.69) is 0 Å². The number of benzene rings is 1. The van der Waals surface area contributed by atoms with E-state index in [1.165, 1.54) is 31.7 Å². The van der Waals surface area contributed by atoms with Crippen molar-refractivity contribution in [1.82, 2.24) is 9.80 Å². The third-order valence-corrected chi connectivity index (χ3v) is 7.11. The van der Waals surface area contributed by atoms with Crippen LogP contribution in [0.15, 0.2) is 29.2 Å². The van der Waals surface area contributed by atoms with Crippen molar-refractivity contribution in [2.24, 2.45) is 0 Å². The lowest BCUT2D eigenvalue weighted by Crippen LogP contribution is -2.31. The summed E-state index contributed by atoms with van der Waals surface area (Å²) >= 11 is 6.70. The second kappa shape index (κ2) is 12.2. The maximum absolute atomic E-state index is 12.8. The molecule has 172 valence electrons. The predicted molar refractivity (Wildman–Crippen MR) is 131 cm³/mol. The number of thiocarbonyl (C=S) groups is 1. The molecule has 0 atom stereocenters. The van der Waals surface area contributed by atoms with Crippen molar-refractivity contribution in [1.29, 1.82) is 0 Å². The van der Waals surface area contributed by atoms with Crippen LogP contribution in [0.2, 0.25) is 0 Å². The molecule has 0 radical (unpaired) electrons. The Morgan fingerprint density at radius 1 is 1.06 bits per heavy atom. The van der Waals surface area contributed by atoms with Crippen molar-refractivity contribution < 1.29 is 19.1 Å². The molecule has 8 heteroatoms. The Bertz CT molecular complexity index is 874. The first-order valence-electron chi connectivity index (χ1n) is 11.2. The molecule has 32 heavy (non-hydrogen) atoms. The number of esters is 1. The van der Waals surface area contributed by atoms with Crippen LogP contribution in [0.3, 0.4) is 0 Å². The monoisotopic (exact) mass is 474 g/mol. The topological polar surface area (TPSA) is 66.9 Å². The number of thioether (sulfide) groups is 1. The number of nitrogens with zero attached hydrogens (tertiary/aromatic N) is 2. The molecule has 2 aliphatic heterocycles. The Labute approximate surface area is 199 Å². The second-order valence-corrected chi connectivity index (χ2v) is 9.73. The Balaban J connectivity index is 1.44. The molecule has 0 spiro atoms. The number of rotatable bonds is 8. The van der Waals surface area contributed by atoms with Crippen LogP contribution in [-0.4, -0.2) is 58.6 Å². The first-order chi connectivity index (χ1) is 15.5. The number of hydrogen-bond acceptors (Lipinski definition) is 6. The minimum absolute atomic E-state index is 0.0855. The van der Waals surface area contributed by atoms with Gasteiger partial charge in [0.2, 0.25) is 5.91 Å². The zero-order valence-corrected chi connectivity index (χ0v) is 20.1. The highest BCUT2D eigenvalue weighted by atomic mass is 32.2. The van der Waals surface area contributed by atoms with Gasteiger partial charge in [-0.2, -0.15) is 0 Å². The third kappa shape index (κ3) is 6.65. The molecule has 0 N–H and O–H groups in total. The van der Waals surface area contributed by atoms with Gasteiger partial charge in [0.1, 0.15) is 4.32 Å². The van der Waals surface area contributed by atoms with Gasteiger partial charge in [-0.1, -0.05) is 55.4 Å². The number of likely N-dealkylation sites (tertiary alicyclic amines) is 1. The largest absolute Gasteiger partial charge is 0.465 e. The normalized spacial score (nSPS) is 18.2. The summed E-state index contributed by atoms with van der Waals surface area (Å²) in [6.07, 6.45) is 9.60. The molecule has 0 bridgehead atoms. The molecule has 0 unspecified atom stereocenters. The van der Waals surface area contributed by atoms with E-state index >= 15 is 0 Å². The van der Waals surface area contributed by atoms with E-state index in [1.807, 2.05) is 4.90 Å². The molecule has 2 heterocycles. The van der Waals surface area contributed by atoms with Crippen LogP contribution in [0, 0.1) is 0 Å². The average Bonchev–Trinajstić information content (AvgIpc) is 2.99. The minimum Gasteiger partial charge on any atom is -0.465 e. The SMILES string of the molecule is COC(=O)c1ccc(/C=C2\SC(=S)N(CCCCCC(=O)N3CCCCCC3)C2=O)cc1. The van der Waals surface area contributed by atoms with Gasteiger partial charge in [0.15, 0.2) is 0 Å². The van der Waals surface area contributed by atoms with Crippen LogP contribution in [0.25, 0.3) is 6.08 Å². The van der Waals surface area contributed by atoms with Gasteiger partial charge in [0.05, 0.1) is 17.6 Å². The minimum atomic E-state index is -0.393. The zero-order valence-electron chi connectivity index (χ0n) is 18.5. The van der Waals surface area contributed by atoms with Gasteiger partial charge in [-0.15, -0.1) is 0 Å². The Morgan fingerprint density at radius 2 is 1.75 bits per heavy atom. The average molecular weight is 475 g/mol. The quantitative estimate of drug-likeness (QED) is 0.237. The smallest absolute Gasteiger partial charge is 0.337 e. The summed E-state index contributed by atoms with van der Waals surface area (Å²) in [6, 6.07) is 6.90. The molecular formula is C24H30N2O4S2. The number of unbranched alkanes of at least 4 members (excludes halogenated alkanes) is 2. The van der Waals surface area contributed by atoms with Crippen LogP contribution >= 0.6 is 24.0 Å². The number of methoxy groups -OCH3 is 1. The maximum atomic E-state index is 12.8. The van der Waals surface area contributed by atoms with Gasteiger partial charge in [-0.25, -0.2) is 4.79 Å². The first kappa shape index (κ1) is 24.5. The molecule has 1 aromatic rings. The molecule has 2 fully saturated rings. The van der Waals surface area contributed by atoms with Gasteiger partial charge in [-0.05, 0) is 49.5 Å². The second-order valence-electron chi connectivity index (χ2n) is 8.05. The summed E-state index contributed by atoms with van der Waals surface area (Å²) in [4.78, 5) is 40.9. The fraction of sp³-hybridized carbons (Fsp3) is 0.500. The lowest BCUT2D eigenvalue weighted by Gasteiger charge is -2.20. The molecule has 2 amide bonds. The van der Waals surface area contributed by atoms with E-state index in [1.54, 1.807) is 35.2 Å². The van der Waals surface area contributed by atoms with Crippen molar-refractivity contribution in [2.45, 2.75) is 51.4 Å². The lowest BCUT2D eigenvalue weighted by atomic mass is 10.1. The number of hydrogen-bond donors (Lipinski definition) is 0. The van der Waals surface area contributed by atoms with Crippen LogP contribution in [0.4, 0.5) is 0 Å². The van der Waals surface area contributed by atoms with Crippen molar-refractivity contribution in [3.8, 4) is 0 Å². The van der Waals surface area contributed by atoms with Crippen LogP contribution in [0.5, 0.6) is 0 Å².